The van der Waals surface area contributed by atoms with Gasteiger partial charge in [-0.25, -0.2) is 9.59 Å². The molecule has 0 saturated heterocycles. The smallest absolute Gasteiger partial charge is 0.341 e. The molecular weight excluding hydrogens is 350 g/mol. The van der Waals surface area contributed by atoms with Crippen molar-refractivity contribution >= 4 is 17.8 Å². The standard InChI is InChI=1S/C20H19NO6/c1-12-11-16(22)27-13(2)17(12)20(25)26-10-6-5-9-21-18(23)14-7-3-4-8-15(14)19(21)24/h3-4,7-8,11H,5-6,9-10H2,1-2H3. The van der Waals surface area contributed by atoms with Crippen molar-refractivity contribution in [2.24, 2.45) is 0 Å². The van der Waals surface area contributed by atoms with E-state index in [1.165, 1.54) is 17.9 Å². The maximum absolute atomic E-state index is 12.3. The van der Waals surface area contributed by atoms with Crippen molar-refractivity contribution in [3.05, 3.63) is 68.8 Å². The maximum atomic E-state index is 12.3. The van der Waals surface area contributed by atoms with E-state index in [1.807, 2.05) is 0 Å². The summed E-state index contributed by atoms with van der Waals surface area (Å²) in [7, 11) is 0. The van der Waals surface area contributed by atoms with Gasteiger partial charge in [0.25, 0.3) is 11.8 Å². The van der Waals surface area contributed by atoms with Gasteiger partial charge in [0.1, 0.15) is 11.3 Å². The molecule has 0 aliphatic carbocycles. The molecule has 27 heavy (non-hydrogen) atoms. The highest BCUT2D eigenvalue weighted by molar-refractivity contribution is 6.21. The van der Waals surface area contributed by atoms with E-state index in [2.05, 4.69) is 0 Å². The molecule has 0 radical (unpaired) electrons. The highest BCUT2D eigenvalue weighted by atomic mass is 16.5. The van der Waals surface area contributed by atoms with E-state index in [1.54, 1.807) is 31.2 Å². The van der Waals surface area contributed by atoms with Gasteiger partial charge in [0.2, 0.25) is 0 Å². The van der Waals surface area contributed by atoms with E-state index >= 15 is 0 Å². The Morgan fingerprint density at radius 2 is 1.67 bits per heavy atom. The summed E-state index contributed by atoms with van der Waals surface area (Å²) in [4.78, 5) is 49.2. The van der Waals surface area contributed by atoms with Gasteiger partial charge in [0.05, 0.1) is 17.7 Å². The lowest BCUT2D eigenvalue weighted by Crippen LogP contribution is -2.30. The number of fused-ring (bicyclic) bond motifs is 1. The number of esters is 1. The second kappa shape index (κ2) is 7.57. The van der Waals surface area contributed by atoms with Crippen LogP contribution in [0, 0.1) is 13.8 Å². The lowest BCUT2D eigenvalue weighted by atomic mass is 10.1. The number of nitrogens with zero attached hydrogens (tertiary/aromatic N) is 1. The highest BCUT2D eigenvalue weighted by Crippen LogP contribution is 2.22. The topological polar surface area (TPSA) is 93.9 Å². The third-order valence-electron chi connectivity index (χ3n) is 4.43. The Labute approximate surface area is 155 Å². The van der Waals surface area contributed by atoms with Crippen molar-refractivity contribution in [1.29, 1.82) is 0 Å². The van der Waals surface area contributed by atoms with Crippen LogP contribution in [0.25, 0.3) is 0 Å². The number of hydrogen-bond acceptors (Lipinski definition) is 6. The Hall–Kier alpha value is -3.22. The van der Waals surface area contributed by atoms with Crippen molar-refractivity contribution in [2.75, 3.05) is 13.2 Å². The molecule has 1 aromatic carbocycles. The van der Waals surface area contributed by atoms with E-state index in [0.717, 1.165) is 0 Å². The predicted molar refractivity (Wildman–Crippen MR) is 95.8 cm³/mol. The molecule has 3 rings (SSSR count). The molecule has 2 aromatic rings. The Morgan fingerprint density at radius 1 is 1.04 bits per heavy atom. The number of carbonyl (C=O) groups is 3. The molecule has 7 nitrogen and oxygen atoms in total. The van der Waals surface area contributed by atoms with Crippen molar-refractivity contribution in [2.45, 2.75) is 26.7 Å². The van der Waals surface area contributed by atoms with E-state index in [-0.39, 0.29) is 36.3 Å². The number of amides is 2. The first kappa shape index (κ1) is 18.6. The van der Waals surface area contributed by atoms with Gasteiger partial charge in [0.15, 0.2) is 0 Å². The van der Waals surface area contributed by atoms with E-state index < -0.39 is 11.6 Å². The number of hydrogen-bond donors (Lipinski definition) is 0. The molecule has 0 unspecified atom stereocenters. The Morgan fingerprint density at radius 3 is 2.26 bits per heavy atom. The first-order valence-electron chi connectivity index (χ1n) is 8.64. The second-order valence-corrected chi connectivity index (χ2v) is 6.33. The summed E-state index contributed by atoms with van der Waals surface area (Å²) in [5.74, 6) is -0.929. The first-order valence-corrected chi connectivity index (χ1v) is 8.64. The molecule has 0 bridgehead atoms. The zero-order chi connectivity index (χ0) is 19.6. The van der Waals surface area contributed by atoms with Crippen LogP contribution in [0.1, 0.15) is 55.2 Å². The molecule has 7 heteroatoms. The minimum absolute atomic E-state index is 0.139. The summed E-state index contributed by atoms with van der Waals surface area (Å²) in [6.45, 7) is 3.58. The molecule has 0 atom stereocenters. The van der Waals surface area contributed by atoms with Crippen molar-refractivity contribution in [1.82, 2.24) is 4.90 Å². The fourth-order valence-corrected chi connectivity index (χ4v) is 3.11. The molecule has 1 aliphatic heterocycles. The van der Waals surface area contributed by atoms with Crippen LogP contribution in [-0.4, -0.2) is 35.8 Å². The van der Waals surface area contributed by atoms with Crippen LogP contribution in [0.15, 0.2) is 39.5 Å². The number of unbranched alkanes of at least 4 members (excludes halogenated alkanes) is 1. The molecule has 0 fully saturated rings. The Balaban J connectivity index is 1.49. The number of aryl methyl sites for hydroxylation is 2. The fraction of sp³-hybridized carbons (Fsp3) is 0.300. The molecule has 1 aromatic heterocycles. The Kier molecular flexibility index (Phi) is 5.21. The SMILES string of the molecule is Cc1cc(=O)oc(C)c1C(=O)OCCCCN1C(=O)c2ccccc2C1=O. The van der Waals surface area contributed by atoms with Crippen LogP contribution in [0.2, 0.25) is 0 Å². The van der Waals surface area contributed by atoms with Crippen molar-refractivity contribution in [3.63, 3.8) is 0 Å². The monoisotopic (exact) mass is 369 g/mol. The number of imide groups is 1. The second-order valence-electron chi connectivity index (χ2n) is 6.33. The van der Waals surface area contributed by atoms with E-state index in [4.69, 9.17) is 9.15 Å². The molecule has 140 valence electrons. The third kappa shape index (κ3) is 3.67. The fourth-order valence-electron chi connectivity index (χ4n) is 3.11. The summed E-state index contributed by atoms with van der Waals surface area (Å²) >= 11 is 0. The van der Waals surface area contributed by atoms with Gasteiger partial charge in [-0.05, 0) is 44.4 Å². The normalized spacial score (nSPS) is 13.0. The molecule has 2 amide bonds. The van der Waals surface area contributed by atoms with Crippen LogP contribution in [0.5, 0.6) is 0 Å². The number of ether oxygens (including phenoxy) is 1. The predicted octanol–water partition coefficient (Wildman–Crippen LogP) is 2.49. The zero-order valence-electron chi connectivity index (χ0n) is 15.1. The summed E-state index contributed by atoms with van der Waals surface area (Å²) in [5, 5.41) is 0. The average molecular weight is 369 g/mol. The van der Waals surface area contributed by atoms with Gasteiger partial charge in [-0.1, -0.05) is 12.1 Å². The van der Waals surface area contributed by atoms with Gasteiger partial charge in [0, 0.05) is 12.6 Å². The molecule has 0 spiro atoms. The quantitative estimate of drug-likeness (QED) is 0.441. The summed E-state index contributed by atoms with van der Waals surface area (Å²) in [5.41, 5.74) is 1.08. The number of rotatable bonds is 6. The van der Waals surface area contributed by atoms with Gasteiger partial charge < -0.3 is 9.15 Å². The van der Waals surface area contributed by atoms with Gasteiger partial charge in [-0.15, -0.1) is 0 Å². The zero-order valence-corrected chi connectivity index (χ0v) is 15.1. The van der Waals surface area contributed by atoms with Crippen LogP contribution >= 0.6 is 0 Å². The summed E-state index contributed by atoms with van der Waals surface area (Å²) in [6, 6.07) is 7.97. The van der Waals surface area contributed by atoms with Crippen LogP contribution < -0.4 is 5.63 Å². The largest absolute Gasteiger partial charge is 0.462 e. The van der Waals surface area contributed by atoms with Crippen LogP contribution in [0.3, 0.4) is 0 Å². The third-order valence-corrected chi connectivity index (χ3v) is 4.43. The summed E-state index contributed by atoms with van der Waals surface area (Å²) in [6.07, 6.45) is 1.01. The Bertz CT molecular complexity index is 913. The lowest BCUT2D eigenvalue weighted by molar-refractivity contribution is 0.0480. The first-order chi connectivity index (χ1) is 12.9. The van der Waals surface area contributed by atoms with Gasteiger partial charge >= 0.3 is 11.6 Å². The van der Waals surface area contributed by atoms with Crippen LogP contribution in [0.4, 0.5) is 0 Å². The molecule has 1 aliphatic rings. The maximum Gasteiger partial charge on any atom is 0.341 e. The number of benzene rings is 1. The minimum atomic E-state index is -0.561. The molecule has 0 N–H and O–H groups in total. The van der Waals surface area contributed by atoms with E-state index in [0.29, 0.717) is 29.5 Å². The van der Waals surface area contributed by atoms with Crippen molar-refractivity contribution in [3.8, 4) is 0 Å². The van der Waals surface area contributed by atoms with E-state index in [9.17, 15) is 19.2 Å². The number of carbonyl (C=O) groups excluding carboxylic acids is 3. The average Bonchev–Trinajstić information content (AvgIpc) is 2.85. The van der Waals surface area contributed by atoms with Crippen LogP contribution in [-0.2, 0) is 4.74 Å². The molecular formula is C20H19NO6. The van der Waals surface area contributed by atoms with Gasteiger partial charge in [-0.3, -0.25) is 14.5 Å². The summed E-state index contributed by atoms with van der Waals surface area (Å²) < 4.78 is 10.1. The molecule has 0 saturated carbocycles. The minimum Gasteiger partial charge on any atom is -0.462 e. The molecule has 2 heterocycles. The lowest BCUT2D eigenvalue weighted by Gasteiger charge is -2.13. The van der Waals surface area contributed by atoms with Gasteiger partial charge in [-0.2, -0.15) is 0 Å². The highest BCUT2D eigenvalue weighted by Gasteiger charge is 2.34. The van der Waals surface area contributed by atoms with Crippen molar-refractivity contribution < 1.29 is 23.5 Å².